The third-order valence-corrected chi connectivity index (χ3v) is 10.2. The number of nitro groups is 1. The van der Waals surface area contributed by atoms with Crippen molar-refractivity contribution in [2.45, 2.75) is 57.1 Å². The number of amides is 2. The van der Waals surface area contributed by atoms with Gasteiger partial charge in [0.1, 0.15) is 18.3 Å². The number of carbonyl (C=O) groups excluding carboxylic acids is 2. The maximum absolute atomic E-state index is 14.6. The largest absolute Gasteiger partial charge is 0.497 e. The van der Waals surface area contributed by atoms with Crippen LogP contribution in [0.2, 0.25) is 5.02 Å². The zero-order valence-electron chi connectivity index (χ0n) is 27.7. The summed E-state index contributed by atoms with van der Waals surface area (Å²) in [5, 5.41) is 15.2. The molecule has 0 radical (unpaired) electrons. The number of benzene rings is 4. The molecule has 49 heavy (non-hydrogen) atoms. The van der Waals surface area contributed by atoms with Gasteiger partial charge in [-0.05, 0) is 73.9 Å². The quantitative estimate of drug-likeness (QED) is 0.113. The highest BCUT2D eigenvalue weighted by atomic mass is 35.5. The molecule has 4 aromatic rings. The van der Waals surface area contributed by atoms with Crippen LogP contribution in [0.3, 0.4) is 0 Å². The minimum Gasteiger partial charge on any atom is -0.497 e. The van der Waals surface area contributed by atoms with E-state index in [0.717, 1.165) is 15.9 Å². The fourth-order valence-corrected chi connectivity index (χ4v) is 6.69. The summed E-state index contributed by atoms with van der Waals surface area (Å²) in [6.07, 6.45) is 0.809. The van der Waals surface area contributed by atoms with Crippen molar-refractivity contribution in [2.24, 2.45) is 0 Å². The molecule has 0 heterocycles. The Balaban J connectivity index is 1.84. The Morgan fingerprint density at radius 3 is 2.20 bits per heavy atom. The molecule has 0 fully saturated rings. The second-order valence-electron chi connectivity index (χ2n) is 11.6. The number of hydrogen-bond acceptors (Lipinski definition) is 7. The molecule has 2 amide bonds. The van der Waals surface area contributed by atoms with Gasteiger partial charge in [-0.1, -0.05) is 67.1 Å². The number of nitro benzene ring substituents is 1. The molecule has 0 aliphatic heterocycles. The highest BCUT2D eigenvalue weighted by Crippen LogP contribution is 2.30. The average Bonchev–Trinajstić information content (AvgIpc) is 3.09. The standard InChI is InChI=1S/C36H39ClN4O7S/c1-5-26(3)38-36(43)34(21-27-9-7-6-8-10-27)39(23-28-12-14-29(37)15-13-28)35(42)24-40(30-16-18-31(48-4)19-17-30)49(46,47)32-20-11-25(2)33(22-32)41(44)45/h6-20,22,26,34H,5,21,23-24H2,1-4H3,(H,38,43)/t26-,34-/m1/s1. The number of carbonyl (C=O) groups is 2. The molecule has 11 nitrogen and oxygen atoms in total. The summed E-state index contributed by atoms with van der Waals surface area (Å²) in [7, 11) is -3.10. The van der Waals surface area contributed by atoms with Crippen molar-refractivity contribution in [2.75, 3.05) is 18.0 Å². The lowest BCUT2D eigenvalue weighted by Gasteiger charge is -2.34. The number of methoxy groups -OCH3 is 1. The molecule has 0 unspecified atom stereocenters. The van der Waals surface area contributed by atoms with Gasteiger partial charge in [-0.2, -0.15) is 0 Å². The predicted molar refractivity (Wildman–Crippen MR) is 189 cm³/mol. The summed E-state index contributed by atoms with van der Waals surface area (Å²) in [5.74, 6) is -0.614. The molecule has 0 bridgehead atoms. The van der Waals surface area contributed by atoms with Gasteiger partial charge in [0.15, 0.2) is 0 Å². The van der Waals surface area contributed by atoms with Gasteiger partial charge in [0.25, 0.3) is 15.7 Å². The SMILES string of the molecule is CC[C@@H](C)NC(=O)[C@@H](Cc1ccccc1)N(Cc1ccc(Cl)cc1)C(=O)CN(c1ccc(OC)cc1)S(=O)(=O)c1ccc(C)c([N+](=O)[O-])c1. The molecule has 258 valence electrons. The van der Waals surface area contributed by atoms with Crippen LogP contribution in [0.1, 0.15) is 37.0 Å². The lowest BCUT2D eigenvalue weighted by atomic mass is 10.0. The van der Waals surface area contributed by atoms with E-state index in [0.29, 0.717) is 22.8 Å². The Kier molecular flexibility index (Phi) is 12.4. The van der Waals surface area contributed by atoms with Crippen LogP contribution in [0.15, 0.2) is 102 Å². The van der Waals surface area contributed by atoms with E-state index in [2.05, 4.69) is 5.32 Å². The number of ether oxygens (including phenoxy) is 1. The molecule has 0 saturated heterocycles. The van der Waals surface area contributed by atoms with Gasteiger partial charge in [0, 0.05) is 35.7 Å². The van der Waals surface area contributed by atoms with Crippen LogP contribution in [0.5, 0.6) is 5.75 Å². The van der Waals surface area contributed by atoms with E-state index in [-0.39, 0.29) is 40.8 Å². The van der Waals surface area contributed by atoms with Crippen molar-refractivity contribution in [3.05, 3.63) is 129 Å². The van der Waals surface area contributed by atoms with Crippen molar-refractivity contribution in [1.82, 2.24) is 10.2 Å². The van der Waals surface area contributed by atoms with Crippen LogP contribution in [0.25, 0.3) is 0 Å². The molecular weight excluding hydrogens is 668 g/mol. The Hall–Kier alpha value is -4.94. The summed E-state index contributed by atoms with van der Waals surface area (Å²) in [4.78, 5) is 40.6. The second-order valence-corrected chi connectivity index (χ2v) is 13.9. The van der Waals surface area contributed by atoms with Crippen LogP contribution < -0.4 is 14.4 Å². The number of sulfonamides is 1. The lowest BCUT2D eigenvalue weighted by Crippen LogP contribution is -2.54. The molecule has 4 rings (SSSR count). The summed E-state index contributed by atoms with van der Waals surface area (Å²) in [5.41, 5.74) is 1.48. The Morgan fingerprint density at radius 2 is 1.61 bits per heavy atom. The maximum Gasteiger partial charge on any atom is 0.273 e. The monoisotopic (exact) mass is 706 g/mol. The van der Waals surface area contributed by atoms with E-state index in [1.165, 1.54) is 43.2 Å². The van der Waals surface area contributed by atoms with Gasteiger partial charge in [-0.3, -0.25) is 24.0 Å². The molecule has 0 aliphatic rings. The summed E-state index contributed by atoms with van der Waals surface area (Å²) in [6.45, 7) is 4.55. The number of halogens is 1. The zero-order chi connectivity index (χ0) is 35.7. The number of nitrogens with zero attached hydrogens (tertiary/aromatic N) is 3. The first-order chi connectivity index (χ1) is 23.3. The summed E-state index contributed by atoms with van der Waals surface area (Å²) in [6, 6.07) is 24.5. The lowest BCUT2D eigenvalue weighted by molar-refractivity contribution is -0.385. The van der Waals surface area contributed by atoms with Gasteiger partial charge < -0.3 is 15.0 Å². The van der Waals surface area contributed by atoms with Crippen molar-refractivity contribution in [1.29, 1.82) is 0 Å². The minimum atomic E-state index is -4.56. The topological polar surface area (TPSA) is 139 Å². The minimum absolute atomic E-state index is 0.0338. The van der Waals surface area contributed by atoms with Crippen molar-refractivity contribution in [3.8, 4) is 5.75 Å². The van der Waals surface area contributed by atoms with Crippen LogP contribution in [-0.4, -0.2) is 55.8 Å². The molecule has 0 spiro atoms. The van der Waals surface area contributed by atoms with Crippen molar-refractivity contribution >= 4 is 44.8 Å². The van der Waals surface area contributed by atoms with Gasteiger partial charge in [0.05, 0.1) is 22.6 Å². The number of rotatable bonds is 15. The first-order valence-corrected chi connectivity index (χ1v) is 17.5. The number of hydrogen-bond donors (Lipinski definition) is 1. The third-order valence-electron chi connectivity index (χ3n) is 8.14. The van der Waals surface area contributed by atoms with E-state index in [4.69, 9.17) is 16.3 Å². The molecule has 1 N–H and O–H groups in total. The van der Waals surface area contributed by atoms with E-state index < -0.39 is 39.3 Å². The van der Waals surface area contributed by atoms with E-state index in [1.807, 2.05) is 44.2 Å². The molecular formula is C36H39ClN4O7S. The zero-order valence-corrected chi connectivity index (χ0v) is 29.3. The summed E-state index contributed by atoms with van der Waals surface area (Å²) < 4.78 is 34.8. The fourth-order valence-electron chi connectivity index (χ4n) is 5.13. The molecule has 4 aromatic carbocycles. The number of aryl methyl sites for hydroxylation is 1. The van der Waals surface area contributed by atoms with Gasteiger partial charge in [-0.25, -0.2) is 8.42 Å². The third kappa shape index (κ3) is 9.36. The second kappa shape index (κ2) is 16.4. The number of anilines is 1. The molecule has 0 aromatic heterocycles. The predicted octanol–water partition coefficient (Wildman–Crippen LogP) is 6.32. The van der Waals surface area contributed by atoms with E-state index in [1.54, 1.807) is 36.4 Å². The first-order valence-electron chi connectivity index (χ1n) is 15.6. The van der Waals surface area contributed by atoms with Crippen LogP contribution in [0.4, 0.5) is 11.4 Å². The smallest absolute Gasteiger partial charge is 0.273 e. The Labute approximate surface area is 291 Å². The van der Waals surface area contributed by atoms with Crippen molar-refractivity contribution in [3.63, 3.8) is 0 Å². The van der Waals surface area contributed by atoms with Gasteiger partial charge >= 0.3 is 0 Å². The molecule has 2 atom stereocenters. The highest BCUT2D eigenvalue weighted by Gasteiger charge is 2.35. The molecule has 0 saturated carbocycles. The Morgan fingerprint density at radius 1 is 0.959 bits per heavy atom. The van der Waals surface area contributed by atoms with Crippen LogP contribution in [-0.2, 0) is 32.6 Å². The molecule has 13 heteroatoms. The van der Waals surface area contributed by atoms with E-state index >= 15 is 0 Å². The first kappa shape index (κ1) is 36.9. The van der Waals surface area contributed by atoms with Crippen LogP contribution >= 0.6 is 11.6 Å². The maximum atomic E-state index is 14.6. The average molecular weight is 707 g/mol. The van der Waals surface area contributed by atoms with Gasteiger partial charge in [0.2, 0.25) is 11.8 Å². The van der Waals surface area contributed by atoms with Crippen molar-refractivity contribution < 1.29 is 27.7 Å². The Bertz CT molecular complexity index is 1870. The van der Waals surface area contributed by atoms with Crippen LogP contribution in [0, 0.1) is 17.0 Å². The number of nitrogens with one attached hydrogen (secondary N) is 1. The van der Waals surface area contributed by atoms with E-state index in [9.17, 15) is 28.1 Å². The summed E-state index contributed by atoms with van der Waals surface area (Å²) >= 11 is 6.14. The van der Waals surface area contributed by atoms with Gasteiger partial charge in [-0.15, -0.1) is 0 Å². The normalized spacial score (nSPS) is 12.4. The fraction of sp³-hybridized carbons (Fsp3) is 0.278. The highest BCUT2D eigenvalue weighted by molar-refractivity contribution is 7.92. The molecule has 0 aliphatic carbocycles.